The first-order chi connectivity index (χ1) is 12.7. The molecule has 1 aromatic carbocycles. The van der Waals surface area contributed by atoms with Gasteiger partial charge in [0, 0.05) is 23.2 Å². The van der Waals surface area contributed by atoms with Crippen molar-refractivity contribution in [1.29, 1.82) is 0 Å². The van der Waals surface area contributed by atoms with E-state index in [4.69, 9.17) is 4.98 Å². The maximum Gasteiger partial charge on any atom is 0.252 e. The van der Waals surface area contributed by atoms with Crippen molar-refractivity contribution >= 4 is 22.7 Å². The molecule has 0 saturated heterocycles. The van der Waals surface area contributed by atoms with E-state index >= 15 is 0 Å². The first-order valence-electron chi connectivity index (χ1n) is 9.41. The molecule has 2 saturated carbocycles. The van der Waals surface area contributed by atoms with Crippen LogP contribution in [0.4, 0.5) is 11.6 Å². The summed E-state index contributed by atoms with van der Waals surface area (Å²) in [6.07, 6.45) is 4.91. The largest absolute Gasteiger partial charge is 0.324 e. The number of para-hydroxylation sites is 1. The molecule has 132 valence electrons. The van der Waals surface area contributed by atoms with Crippen molar-refractivity contribution in [2.45, 2.75) is 38.6 Å². The predicted octanol–water partition coefficient (Wildman–Crippen LogP) is 4.20. The van der Waals surface area contributed by atoms with Crippen LogP contribution < -0.4 is 10.9 Å². The molecule has 0 radical (unpaired) electrons. The zero-order chi connectivity index (χ0) is 17.7. The summed E-state index contributed by atoms with van der Waals surface area (Å²) in [6, 6.07) is 13.7. The van der Waals surface area contributed by atoms with E-state index in [2.05, 4.69) is 10.3 Å². The molecule has 0 amide bonds. The van der Waals surface area contributed by atoms with E-state index in [9.17, 15) is 4.79 Å². The molecule has 2 fully saturated rings. The highest BCUT2D eigenvalue weighted by molar-refractivity contribution is 5.79. The molecule has 3 aromatic rings. The lowest BCUT2D eigenvalue weighted by Gasteiger charge is -2.25. The first-order valence-corrected chi connectivity index (χ1v) is 9.41. The Labute approximate surface area is 152 Å². The number of hydrogen-bond acceptors (Lipinski definition) is 4. The smallest absolute Gasteiger partial charge is 0.252 e. The highest BCUT2D eigenvalue weighted by atomic mass is 16.1. The van der Waals surface area contributed by atoms with Crippen LogP contribution in [-0.4, -0.2) is 14.5 Å². The molecule has 0 aliphatic heterocycles. The van der Waals surface area contributed by atoms with E-state index in [0.717, 1.165) is 34.8 Å². The quantitative estimate of drug-likeness (QED) is 0.772. The van der Waals surface area contributed by atoms with Gasteiger partial charge in [-0.1, -0.05) is 24.6 Å². The van der Waals surface area contributed by atoms with Gasteiger partial charge < -0.3 is 5.32 Å². The van der Waals surface area contributed by atoms with Crippen LogP contribution in [0.2, 0.25) is 0 Å². The summed E-state index contributed by atoms with van der Waals surface area (Å²) in [5, 5.41) is 4.23. The molecule has 2 heterocycles. The molecule has 5 nitrogen and oxygen atoms in total. The van der Waals surface area contributed by atoms with Gasteiger partial charge in [-0.2, -0.15) is 4.98 Å². The van der Waals surface area contributed by atoms with Crippen molar-refractivity contribution in [2.24, 2.45) is 11.8 Å². The lowest BCUT2D eigenvalue weighted by Crippen LogP contribution is -2.28. The average Bonchev–Trinajstić information content (AvgIpc) is 3.25. The second-order valence-electron chi connectivity index (χ2n) is 7.64. The number of nitrogens with zero attached hydrogens (tertiary/aromatic N) is 3. The lowest BCUT2D eigenvalue weighted by molar-refractivity contribution is 0.329. The number of fused-ring (bicyclic) bond motifs is 3. The van der Waals surface area contributed by atoms with Crippen LogP contribution >= 0.6 is 0 Å². The number of hydrogen-bond donors (Lipinski definition) is 1. The third-order valence-electron chi connectivity index (χ3n) is 6.04. The monoisotopic (exact) mass is 346 g/mol. The number of aryl methyl sites for hydroxylation is 1. The Morgan fingerprint density at radius 1 is 1.04 bits per heavy atom. The summed E-state index contributed by atoms with van der Waals surface area (Å²) in [6.45, 7) is 1.98. The molecule has 0 spiro atoms. The Bertz CT molecular complexity index is 1030. The number of anilines is 2. The number of rotatable bonds is 3. The topological polar surface area (TPSA) is 59.8 Å². The fraction of sp³-hybridized carbons (Fsp3) is 0.381. The lowest BCUT2D eigenvalue weighted by atomic mass is 9.95. The van der Waals surface area contributed by atoms with Gasteiger partial charge in [-0.3, -0.25) is 9.36 Å². The molecule has 2 aliphatic carbocycles. The van der Waals surface area contributed by atoms with Gasteiger partial charge in [0.15, 0.2) is 0 Å². The van der Waals surface area contributed by atoms with Crippen molar-refractivity contribution < 1.29 is 0 Å². The van der Waals surface area contributed by atoms with Gasteiger partial charge >= 0.3 is 0 Å². The molecule has 3 unspecified atom stereocenters. The van der Waals surface area contributed by atoms with Gasteiger partial charge in [-0.15, -0.1) is 0 Å². The number of aromatic nitrogens is 3. The molecule has 3 atom stereocenters. The molecular weight excluding hydrogens is 324 g/mol. The van der Waals surface area contributed by atoms with E-state index in [0.29, 0.717) is 11.9 Å². The van der Waals surface area contributed by atoms with Crippen LogP contribution in [0.5, 0.6) is 0 Å². The van der Waals surface area contributed by atoms with Crippen LogP contribution in [-0.2, 0) is 0 Å². The summed E-state index contributed by atoms with van der Waals surface area (Å²) in [7, 11) is 0. The second kappa shape index (κ2) is 5.94. The SMILES string of the molecule is Cc1nc(Nc2ccccc2)nc2c1ccc(=O)n2C1CC2CCC1C2. The highest BCUT2D eigenvalue weighted by Gasteiger charge is 2.41. The van der Waals surface area contributed by atoms with E-state index in [1.54, 1.807) is 6.07 Å². The molecular formula is C21H22N4O. The third-order valence-corrected chi connectivity index (χ3v) is 6.04. The molecule has 2 aromatic heterocycles. The summed E-state index contributed by atoms with van der Waals surface area (Å²) in [5.41, 5.74) is 2.65. The Hall–Kier alpha value is -2.69. The Morgan fingerprint density at radius 3 is 2.62 bits per heavy atom. The third kappa shape index (κ3) is 2.50. The molecule has 26 heavy (non-hydrogen) atoms. The van der Waals surface area contributed by atoms with Gasteiger partial charge in [0.05, 0.1) is 5.69 Å². The molecule has 5 rings (SSSR count). The van der Waals surface area contributed by atoms with E-state index in [1.165, 1.54) is 19.3 Å². The van der Waals surface area contributed by atoms with Crippen molar-refractivity contribution in [1.82, 2.24) is 14.5 Å². The van der Waals surface area contributed by atoms with Crippen LogP contribution in [0, 0.1) is 18.8 Å². The highest BCUT2D eigenvalue weighted by Crippen LogP contribution is 2.50. The predicted molar refractivity (Wildman–Crippen MR) is 103 cm³/mol. The molecule has 5 heteroatoms. The summed E-state index contributed by atoms with van der Waals surface area (Å²) >= 11 is 0. The number of nitrogens with one attached hydrogen (secondary N) is 1. The van der Waals surface area contributed by atoms with E-state index < -0.39 is 0 Å². The average molecular weight is 346 g/mol. The number of benzene rings is 1. The minimum atomic E-state index is 0.0545. The van der Waals surface area contributed by atoms with Crippen molar-refractivity contribution in [2.75, 3.05) is 5.32 Å². The Kier molecular flexibility index (Phi) is 3.55. The van der Waals surface area contributed by atoms with Gasteiger partial charge in [0.2, 0.25) is 5.95 Å². The first kappa shape index (κ1) is 15.6. The minimum Gasteiger partial charge on any atom is -0.324 e. The van der Waals surface area contributed by atoms with Crippen molar-refractivity contribution in [3.8, 4) is 0 Å². The normalized spacial score (nSPS) is 24.3. The molecule has 2 bridgehead atoms. The van der Waals surface area contributed by atoms with E-state index in [1.807, 2.05) is 47.9 Å². The second-order valence-corrected chi connectivity index (χ2v) is 7.64. The van der Waals surface area contributed by atoms with Crippen molar-refractivity contribution in [3.63, 3.8) is 0 Å². The van der Waals surface area contributed by atoms with Crippen LogP contribution in [0.3, 0.4) is 0 Å². The maximum absolute atomic E-state index is 12.8. The fourth-order valence-corrected chi connectivity index (χ4v) is 4.84. The minimum absolute atomic E-state index is 0.0545. The Balaban J connectivity index is 1.64. The van der Waals surface area contributed by atoms with Gasteiger partial charge in [-0.25, -0.2) is 4.98 Å². The van der Waals surface area contributed by atoms with Gasteiger partial charge in [-0.05, 0) is 56.2 Å². The zero-order valence-corrected chi connectivity index (χ0v) is 14.9. The fourth-order valence-electron chi connectivity index (χ4n) is 4.84. The van der Waals surface area contributed by atoms with Crippen molar-refractivity contribution in [3.05, 3.63) is 58.5 Å². The van der Waals surface area contributed by atoms with Crippen LogP contribution in [0.1, 0.15) is 37.4 Å². The van der Waals surface area contributed by atoms with Gasteiger partial charge in [0.25, 0.3) is 5.56 Å². The molecule has 2 aliphatic rings. The summed E-state index contributed by atoms with van der Waals surface area (Å²) < 4.78 is 1.95. The summed E-state index contributed by atoms with van der Waals surface area (Å²) in [5.74, 6) is 1.94. The van der Waals surface area contributed by atoms with Gasteiger partial charge in [0.1, 0.15) is 5.65 Å². The Morgan fingerprint density at radius 2 is 1.88 bits per heavy atom. The van der Waals surface area contributed by atoms with Crippen LogP contribution in [0.25, 0.3) is 11.0 Å². The van der Waals surface area contributed by atoms with E-state index in [-0.39, 0.29) is 11.6 Å². The standard InChI is InChI=1S/C21H22N4O/c1-13-17-9-10-19(26)25(18-12-14-7-8-15(18)11-14)20(17)24-21(22-13)23-16-5-3-2-4-6-16/h2-6,9-10,14-15,18H,7-8,11-12H2,1H3,(H,22,23,24). The zero-order valence-electron chi connectivity index (χ0n) is 14.9. The maximum atomic E-state index is 12.8. The number of pyridine rings is 1. The molecule has 1 N–H and O–H groups in total. The van der Waals surface area contributed by atoms with Crippen LogP contribution in [0.15, 0.2) is 47.3 Å². The summed E-state index contributed by atoms with van der Waals surface area (Å²) in [4.78, 5) is 22.1.